The molecule has 1 aliphatic heterocycles. The van der Waals surface area contributed by atoms with Gasteiger partial charge < -0.3 is 14.7 Å². The Kier molecular flexibility index (Phi) is 6.03. The van der Waals surface area contributed by atoms with E-state index in [0.717, 1.165) is 12.8 Å². The van der Waals surface area contributed by atoms with E-state index >= 15 is 0 Å². The molecule has 1 heterocycles. The quantitative estimate of drug-likeness (QED) is 0.783. The molecule has 1 amide bonds. The van der Waals surface area contributed by atoms with Gasteiger partial charge in [-0.15, -0.1) is 0 Å². The molecule has 0 aromatic heterocycles. The number of hydrogen-bond donors (Lipinski definition) is 1. The first-order chi connectivity index (χ1) is 10.1. The smallest absolute Gasteiger partial charge is 0.311 e. The molecule has 2 rings (SSSR count). The van der Waals surface area contributed by atoms with Crippen molar-refractivity contribution in [3.8, 4) is 0 Å². The number of carbonyl (C=O) groups excluding carboxylic acids is 1. The molecule has 1 N–H and O–H groups in total. The summed E-state index contributed by atoms with van der Waals surface area (Å²) in [5.74, 6) is -0.646. The lowest BCUT2D eigenvalue weighted by atomic mass is 9.99. The Bertz CT molecular complexity index is 365. The van der Waals surface area contributed by atoms with Crippen molar-refractivity contribution in [1.29, 1.82) is 0 Å². The van der Waals surface area contributed by atoms with Gasteiger partial charge in [-0.3, -0.25) is 9.59 Å². The lowest BCUT2D eigenvalue weighted by molar-refractivity contribution is -0.145. The molecule has 120 valence electrons. The Morgan fingerprint density at radius 2 is 1.95 bits per heavy atom. The second-order valence-electron chi connectivity index (χ2n) is 6.33. The molecule has 5 heteroatoms. The molecule has 1 saturated carbocycles. The number of carbonyl (C=O) groups is 2. The molecule has 0 bridgehead atoms. The van der Waals surface area contributed by atoms with E-state index in [9.17, 15) is 14.7 Å². The predicted molar refractivity (Wildman–Crippen MR) is 78.9 cm³/mol. The van der Waals surface area contributed by atoms with Gasteiger partial charge in [-0.05, 0) is 18.8 Å². The fraction of sp³-hybridized carbons (Fsp3) is 0.875. The maximum atomic E-state index is 12.5. The average Bonchev–Trinajstić information content (AvgIpc) is 3.12. The Morgan fingerprint density at radius 1 is 1.24 bits per heavy atom. The van der Waals surface area contributed by atoms with Gasteiger partial charge in [-0.1, -0.05) is 32.6 Å². The van der Waals surface area contributed by atoms with Crippen LogP contribution in [0.25, 0.3) is 0 Å². The van der Waals surface area contributed by atoms with Gasteiger partial charge in [0.05, 0.1) is 19.3 Å². The molecule has 0 aromatic carbocycles. The summed E-state index contributed by atoms with van der Waals surface area (Å²) in [4.78, 5) is 25.6. The number of amides is 1. The highest BCUT2D eigenvalue weighted by Crippen LogP contribution is 2.29. The van der Waals surface area contributed by atoms with Crippen LogP contribution in [0.15, 0.2) is 0 Å². The minimum absolute atomic E-state index is 0.102. The zero-order chi connectivity index (χ0) is 15.2. The summed E-state index contributed by atoms with van der Waals surface area (Å²) >= 11 is 0. The molecule has 2 atom stereocenters. The summed E-state index contributed by atoms with van der Waals surface area (Å²) in [6.45, 7) is 3.21. The third-order valence-electron chi connectivity index (χ3n) is 4.79. The normalized spacial score (nSPS) is 26.1. The van der Waals surface area contributed by atoms with Crippen LogP contribution in [0.1, 0.15) is 51.9 Å². The number of carboxylic acids is 1. The number of carboxylic acid groups (broad SMARTS) is 1. The topological polar surface area (TPSA) is 66.8 Å². The van der Waals surface area contributed by atoms with E-state index in [2.05, 4.69) is 0 Å². The molecule has 21 heavy (non-hydrogen) atoms. The zero-order valence-corrected chi connectivity index (χ0v) is 12.9. The van der Waals surface area contributed by atoms with Crippen molar-refractivity contribution >= 4 is 11.9 Å². The molecule has 1 saturated heterocycles. The molecule has 0 aromatic rings. The highest BCUT2D eigenvalue weighted by Gasteiger charge is 2.39. The molecular formula is C16H27NO4. The Labute approximate surface area is 126 Å². The Morgan fingerprint density at radius 3 is 2.57 bits per heavy atom. The summed E-state index contributed by atoms with van der Waals surface area (Å²) in [7, 11) is 0. The summed E-state index contributed by atoms with van der Waals surface area (Å²) in [6, 6.07) is -0.293. The first kappa shape index (κ1) is 16.3. The van der Waals surface area contributed by atoms with E-state index in [0.29, 0.717) is 25.5 Å². The average molecular weight is 297 g/mol. The number of aliphatic carboxylic acids is 1. The van der Waals surface area contributed by atoms with Crippen LogP contribution in [-0.2, 0) is 14.3 Å². The monoisotopic (exact) mass is 297 g/mol. The minimum Gasteiger partial charge on any atom is -0.481 e. The van der Waals surface area contributed by atoms with E-state index in [-0.39, 0.29) is 18.6 Å². The molecule has 2 unspecified atom stereocenters. The van der Waals surface area contributed by atoms with Crippen molar-refractivity contribution < 1.29 is 19.4 Å². The summed E-state index contributed by atoms with van der Waals surface area (Å²) in [5.41, 5.74) is 0. The lowest BCUT2D eigenvalue weighted by Crippen LogP contribution is -2.47. The largest absolute Gasteiger partial charge is 0.481 e. The second-order valence-corrected chi connectivity index (χ2v) is 6.33. The molecule has 5 nitrogen and oxygen atoms in total. The molecule has 2 fully saturated rings. The number of nitrogens with zero attached hydrogens (tertiary/aromatic N) is 1. The van der Waals surface area contributed by atoms with Gasteiger partial charge >= 0.3 is 5.97 Å². The molecule has 0 radical (unpaired) electrons. The number of ether oxygens (including phenoxy) is 1. The van der Waals surface area contributed by atoms with E-state index in [1.807, 2.05) is 6.92 Å². The molecule has 2 aliphatic rings. The van der Waals surface area contributed by atoms with Gasteiger partial charge in [0.15, 0.2) is 0 Å². The van der Waals surface area contributed by atoms with Gasteiger partial charge in [0.25, 0.3) is 0 Å². The van der Waals surface area contributed by atoms with E-state index in [1.54, 1.807) is 4.90 Å². The van der Waals surface area contributed by atoms with Crippen LogP contribution in [0.4, 0.5) is 0 Å². The Hall–Kier alpha value is -1.10. The van der Waals surface area contributed by atoms with Crippen molar-refractivity contribution in [1.82, 2.24) is 4.90 Å². The van der Waals surface area contributed by atoms with Crippen LogP contribution >= 0.6 is 0 Å². The van der Waals surface area contributed by atoms with Crippen molar-refractivity contribution in [2.75, 3.05) is 19.8 Å². The highest BCUT2D eigenvalue weighted by molar-refractivity contribution is 5.78. The van der Waals surface area contributed by atoms with E-state index < -0.39 is 11.9 Å². The highest BCUT2D eigenvalue weighted by atomic mass is 16.5. The number of rotatable bonds is 7. The van der Waals surface area contributed by atoms with Crippen LogP contribution < -0.4 is 0 Å². The van der Waals surface area contributed by atoms with Crippen LogP contribution in [-0.4, -0.2) is 47.7 Å². The lowest BCUT2D eigenvalue weighted by Gasteiger charge is -2.30. The van der Waals surface area contributed by atoms with E-state index in [4.69, 9.17) is 4.74 Å². The molecular weight excluding hydrogens is 270 g/mol. The van der Waals surface area contributed by atoms with Crippen LogP contribution in [0.5, 0.6) is 0 Å². The van der Waals surface area contributed by atoms with Gasteiger partial charge in [0.1, 0.15) is 5.92 Å². The van der Waals surface area contributed by atoms with Crippen LogP contribution in [0.2, 0.25) is 0 Å². The van der Waals surface area contributed by atoms with Crippen LogP contribution in [0.3, 0.4) is 0 Å². The summed E-state index contributed by atoms with van der Waals surface area (Å²) in [5, 5.41) is 9.27. The van der Waals surface area contributed by atoms with Crippen LogP contribution in [0, 0.1) is 11.8 Å². The predicted octanol–water partition coefficient (Wildman–Crippen LogP) is 2.29. The van der Waals surface area contributed by atoms with Gasteiger partial charge in [-0.2, -0.15) is 0 Å². The first-order valence-electron chi connectivity index (χ1n) is 8.23. The van der Waals surface area contributed by atoms with Gasteiger partial charge in [-0.25, -0.2) is 0 Å². The molecule has 1 aliphatic carbocycles. The summed E-state index contributed by atoms with van der Waals surface area (Å²) in [6.07, 6.45) is 7.40. The second kappa shape index (κ2) is 7.78. The minimum atomic E-state index is -0.859. The fourth-order valence-electron chi connectivity index (χ4n) is 3.57. The van der Waals surface area contributed by atoms with Gasteiger partial charge in [0, 0.05) is 13.0 Å². The fourth-order valence-corrected chi connectivity index (χ4v) is 3.57. The van der Waals surface area contributed by atoms with Crippen molar-refractivity contribution in [3.63, 3.8) is 0 Å². The van der Waals surface area contributed by atoms with Crippen molar-refractivity contribution in [2.45, 2.75) is 57.9 Å². The first-order valence-corrected chi connectivity index (χ1v) is 8.23. The van der Waals surface area contributed by atoms with Gasteiger partial charge in [0.2, 0.25) is 5.91 Å². The Balaban J connectivity index is 1.93. The number of hydrogen-bond acceptors (Lipinski definition) is 3. The third-order valence-corrected chi connectivity index (χ3v) is 4.79. The maximum absolute atomic E-state index is 12.5. The molecule has 0 spiro atoms. The third kappa shape index (κ3) is 4.19. The SMILES string of the molecule is CCCN(C(=O)CCC1CCCC1)C1COCC1C(=O)O. The summed E-state index contributed by atoms with van der Waals surface area (Å²) < 4.78 is 5.31. The zero-order valence-electron chi connectivity index (χ0n) is 12.9. The van der Waals surface area contributed by atoms with Crippen molar-refractivity contribution in [2.24, 2.45) is 11.8 Å². The van der Waals surface area contributed by atoms with E-state index in [1.165, 1.54) is 25.7 Å². The maximum Gasteiger partial charge on any atom is 0.311 e. The van der Waals surface area contributed by atoms with Crippen molar-refractivity contribution in [3.05, 3.63) is 0 Å². The standard InChI is InChI=1S/C16H27NO4/c1-2-9-17(14-11-21-10-13(14)16(19)20)15(18)8-7-12-5-3-4-6-12/h12-14H,2-11H2,1H3,(H,19,20).